The minimum atomic E-state index is 0.00785. The summed E-state index contributed by atoms with van der Waals surface area (Å²) in [6, 6.07) is 9.10. The minimum absolute atomic E-state index is 0.00785. The van der Waals surface area contributed by atoms with E-state index in [9.17, 15) is 4.79 Å². The number of carbonyl (C=O) groups excluding carboxylic acids is 1. The van der Waals surface area contributed by atoms with Crippen molar-refractivity contribution < 1.29 is 4.79 Å². The molecular weight excluding hydrogens is 288 g/mol. The summed E-state index contributed by atoms with van der Waals surface area (Å²) >= 11 is 0. The van der Waals surface area contributed by atoms with Crippen LogP contribution in [0.3, 0.4) is 0 Å². The van der Waals surface area contributed by atoms with Gasteiger partial charge in [-0.3, -0.25) is 4.79 Å². The summed E-state index contributed by atoms with van der Waals surface area (Å²) in [5.41, 5.74) is 1.96. The molecule has 128 valence electrons. The van der Waals surface area contributed by atoms with Gasteiger partial charge in [0.2, 0.25) is 5.91 Å². The third kappa shape index (κ3) is 5.22. The molecule has 0 aromatic heterocycles. The molecule has 1 aliphatic rings. The van der Waals surface area contributed by atoms with Crippen LogP contribution in [0.25, 0.3) is 0 Å². The molecule has 0 unspecified atom stereocenters. The van der Waals surface area contributed by atoms with E-state index in [0.717, 1.165) is 24.3 Å². The maximum absolute atomic E-state index is 11.8. The van der Waals surface area contributed by atoms with E-state index in [-0.39, 0.29) is 5.91 Å². The predicted molar refractivity (Wildman–Crippen MR) is 96.9 cm³/mol. The number of amides is 1. The Bertz CT molecular complexity index is 514. The Morgan fingerprint density at radius 3 is 2.43 bits per heavy atom. The van der Waals surface area contributed by atoms with Gasteiger partial charge in [0, 0.05) is 30.0 Å². The van der Waals surface area contributed by atoms with Crippen LogP contribution in [0.5, 0.6) is 0 Å². The van der Waals surface area contributed by atoms with Gasteiger partial charge in [-0.15, -0.1) is 0 Å². The summed E-state index contributed by atoms with van der Waals surface area (Å²) in [6.45, 7) is 6.10. The van der Waals surface area contributed by atoms with Gasteiger partial charge in [0.25, 0.3) is 0 Å². The first kappa shape index (κ1) is 17.8. The number of nitrogens with one attached hydrogen (secondary N) is 2. The van der Waals surface area contributed by atoms with Crippen LogP contribution in [0.4, 0.5) is 11.4 Å². The number of likely N-dealkylation sites (tertiary alicyclic amines) is 1. The topological polar surface area (TPSA) is 47.6 Å². The molecule has 2 rings (SSSR count). The van der Waals surface area contributed by atoms with E-state index < -0.39 is 0 Å². The second-order valence-corrected chi connectivity index (χ2v) is 7.12. The average Bonchev–Trinajstić information content (AvgIpc) is 2.46. The lowest BCUT2D eigenvalue weighted by atomic mass is 9.89. The fourth-order valence-electron chi connectivity index (χ4n) is 3.09. The molecule has 1 amide bonds. The zero-order chi connectivity index (χ0) is 17.0. The highest BCUT2D eigenvalue weighted by atomic mass is 16.2. The Morgan fingerprint density at radius 2 is 1.83 bits per heavy atom. The molecular formula is C18H30N4O. The summed E-state index contributed by atoms with van der Waals surface area (Å²) in [5, 5.41) is 6.56. The number of carbonyl (C=O) groups is 1. The van der Waals surface area contributed by atoms with E-state index in [1.54, 1.807) is 0 Å². The summed E-state index contributed by atoms with van der Waals surface area (Å²) in [6.07, 6.45) is 1.15. The first-order valence-electron chi connectivity index (χ1n) is 8.36. The zero-order valence-corrected chi connectivity index (χ0v) is 15.0. The van der Waals surface area contributed by atoms with Crippen LogP contribution in [0.1, 0.15) is 20.3 Å². The van der Waals surface area contributed by atoms with Gasteiger partial charge < -0.3 is 20.4 Å². The van der Waals surface area contributed by atoms with Crippen molar-refractivity contribution in [3.8, 4) is 0 Å². The number of hydrogen-bond donors (Lipinski definition) is 2. The first-order valence-corrected chi connectivity index (χ1v) is 8.36. The standard InChI is InChI=1S/C18H30N4O/c1-13-11-22(5)14(2)10-17(13)19-15-6-8-16(9-7-15)20-18(23)12-21(3)4/h6-9,13-14,17,19H,10-12H2,1-5H3,(H,20,23)/t13-,14-,17-/m1/s1. The van der Waals surface area contributed by atoms with Gasteiger partial charge in [-0.1, -0.05) is 6.92 Å². The Balaban J connectivity index is 1.91. The van der Waals surface area contributed by atoms with E-state index in [4.69, 9.17) is 0 Å². The van der Waals surface area contributed by atoms with Gasteiger partial charge in [-0.25, -0.2) is 0 Å². The van der Waals surface area contributed by atoms with Gasteiger partial charge in [0.1, 0.15) is 0 Å². The fourth-order valence-corrected chi connectivity index (χ4v) is 3.09. The van der Waals surface area contributed by atoms with Gasteiger partial charge in [0.15, 0.2) is 0 Å². The lowest BCUT2D eigenvalue weighted by Crippen LogP contribution is -2.48. The number of hydrogen-bond acceptors (Lipinski definition) is 4. The van der Waals surface area contributed by atoms with Gasteiger partial charge in [-0.2, -0.15) is 0 Å². The van der Waals surface area contributed by atoms with Gasteiger partial charge in [0.05, 0.1) is 6.54 Å². The molecule has 1 saturated heterocycles. The van der Waals surface area contributed by atoms with E-state index >= 15 is 0 Å². The lowest BCUT2D eigenvalue weighted by molar-refractivity contribution is -0.116. The molecule has 0 radical (unpaired) electrons. The average molecular weight is 318 g/mol. The zero-order valence-electron chi connectivity index (χ0n) is 15.0. The van der Waals surface area contributed by atoms with Crippen LogP contribution < -0.4 is 10.6 Å². The first-order chi connectivity index (χ1) is 10.8. The van der Waals surface area contributed by atoms with Crippen molar-refractivity contribution >= 4 is 17.3 Å². The molecule has 0 spiro atoms. The van der Waals surface area contributed by atoms with E-state index in [1.807, 2.05) is 43.3 Å². The Kier molecular flexibility index (Phi) is 6.02. The summed E-state index contributed by atoms with van der Waals surface area (Å²) in [5.74, 6) is 0.629. The van der Waals surface area contributed by atoms with Crippen molar-refractivity contribution in [3.63, 3.8) is 0 Å². The number of benzene rings is 1. The largest absolute Gasteiger partial charge is 0.382 e. The lowest BCUT2D eigenvalue weighted by Gasteiger charge is -2.40. The molecule has 0 aliphatic carbocycles. The minimum Gasteiger partial charge on any atom is -0.382 e. The molecule has 2 N–H and O–H groups in total. The van der Waals surface area contributed by atoms with Crippen molar-refractivity contribution in [2.75, 3.05) is 44.9 Å². The predicted octanol–water partition coefficient (Wildman–Crippen LogP) is 2.33. The number of nitrogens with zero attached hydrogens (tertiary/aromatic N) is 2. The quantitative estimate of drug-likeness (QED) is 0.875. The number of piperidine rings is 1. The highest BCUT2D eigenvalue weighted by Crippen LogP contribution is 2.25. The molecule has 1 aromatic carbocycles. The monoisotopic (exact) mass is 318 g/mol. The molecule has 0 saturated carbocycles. The number of likely N-dealkylation sites (N-methyl/N-ethyl adjacent to an activating group) is 1. The molecule has 1 aromatic rings. The molecule has 5 heteroatoms. The molecule has 1 heterocycles. The van der Waals surface area contributed by atoms with Gasteiger partial charge >= 0.3 is 0 Å². The van der Waals surface area contributed by atoms with Crippen LogP contribution in [-0.4, -0.2) is 62.0 Å². The van der Waals surface area contributed by atoms with E-state index in [2.05, 4.69) is 36.4 Å². The normalized spacial score (nSPS) is 25.4. The SMILES string of the molecule is C[C@@H]1CN(C)[C@H](C)C[C@H]1Nc1ccc(NC(=O)CN(C)C)cc1. The van der Waals surface area contributed by atoms with Crippen molar-refractivity contribution in [2.24, 2.45) is 5.92 Å². The van der Waals surface area contributed by atoms with Gasteiger partial charge in [-0.05, 0) is 64.7 Å². The molecule has 1 fully saturated rings. The third-order valence-corrected chi connectivity index (χ3v) is 4.59. The summed E-state index contributed by atoms with van der Waals surface area (Å²) < 4.78 is 0. The second kappa shape index (κ2) is 7.79. The van der Waals surface area contributed by atoms with Crippen LogP contribution in [-0.2, 0) is 4.79 Å². The van der Waals surface area contributed by atoms with Crippen LogP contribution in [0.15, 0.2) is 24.3 Å². The maximum Gasteiger partial charge on any atom is 0.238 e. The highest BCUT2D eigenvalue weighted by molar-refractivity contribution is 5.92. The van der Waals surface area contributed by atoms with Crippen molar-refractivity contribution in [3.05, 3.63) is 24.3 Å². The Morgan fingerprint density at radius 1 is 1.22 bits per heavy atom. The van der Waals surface area contributed by atoms with E-state index in [0.29, 0.717) is 24.5 Å². The highest BCUT2D eigenvalue weighted by Gasteiger charge is 2.28. The molecule has 23 heavy (non-hydrogen) atoms. The van der Waals surface area contributed by atoms with Crippen LogP contribution >= 0.6 is 0 Å². The van der Waals surface area contributed by atoms with Crippen molar-refractivity contribution in [1.29, 1.82) is 0 Å². The Labute approximate surface area is 140 Å². The molecule has 1 aliphatic heterocycles. The number of rotatable bonds is 5. The third-order valence-electron chi connectivity index (χ3n) is 4.59. The van der Waals surface area contributed by atoms with E-state index in [1.165, 1.54) is 0 Å². The molecule has 5 nitrogen and oxygen atoms in total. The maximum atomic E-state index is 11.8. The summed E-state index contributed by atoms with van der Waals surface area (Å²) in [7, 11) is 5.97. The smallest absolute Gasteiger partial charge is 0.238 e. The molecule has 0 bridgehead atoms. The van der Waals surface area contributed by atoms with Crippen LogP contribution in [0, 0.1) is 5.92 Å². The second-order valence-electron chi connectivity index (χ2n) is 7.12. The Hall–Kier alpha value is -1.59. The summed E-state index contributed by atoms with van der Waals surface area (Å²) in [4.78, 5) is 16.0. The molecule has 3 atom stereocenters. The fraction of sp³-hybridized carbons (Fsp3) is 0.611. The van der Waals surface area contributed by atoms with Crippen molar-refractivity contribution in [2.45, 2.75) is 32.4 Å². The van der Waals surface area contributed by atoms with Crippen molar-refractivity contribution in [1.82, 2.24) is 9.80 Å². The van der Waals surface area contributed by atoms with Crippen LogP contribution in [0.2, 0.25) is 0 Å². The number of anilines is 2.